The Labute approximate surface area is 100.0 Å². The van der Waals surface area contributed by atoms with E-state index in [-0.39, 0.29) is 0 Å². The van der Waals surface area contributed by atoms with Gasteiger partial charge in [-0.25, -0.2) is 0 Å². The molecule has 1 aromatic carbocycles. The zero-order chi connectivity index (χ0) is 12.1. The van der Waals surface area contributed by atoms with Crippen molar-refractivity contribution in [3.05, 3.63) is 30.5 Å². The van der Waals surface area contributed by atoms with Crippen LogP contribution in [-0.4, -0.2) is 30.4 Å². The van der Waals surface area contributed by atoms with Crippen molar-refractivity contribution >= 4 is 5.69 Å². The molecule has 2 rings (SSSR count). The Kier molecular flexibility index (Phi) is 3.62. The molecule has 17 heavy (non-hydrogen) atoms. The van der Waals surface area contributed by atoms with E-state index < -0.39 is 0 Å². The second-order valence-corrected chi connectivity index (χ2v) is 3.60. The van der Waals surface area contributed by atoms with Crippen molar-refractivity contribution in [2.75, 3.05) is 25.5 Å². The third-order valence-corrected chi connectivity index (χ3v) is 2.48. The quantitative estimate of drug-likeness (QED) is 0.729. The lowest BCUT2D eigenvalue weighted by molar-refractivity contribution is 0.415. The number of aromatic nitrogens is 2. The number of hydrogen-bond donors (Lipinski definition) is 3. The van der Waals surface area contributed by atoms with Crippen LogP contribution in [0.1, 0.15) is 0 Å². The largest absolute Gasteiger partial charge is 0.497 e. The average molecular weight is 232 g/mol. The van der Waals surface area contributed by atoms with Crippen LogP contribution in [0, 0.1) is 0 Å². The molecule has 2 aromatic rings. The molecule has 0 spiro atoms. The molecule has 0 aliphatic carbocycles. The van der Waals surface area contributed by atoms with Crippen molar-refractivity contribution in [3.8, 4) is 17.0 Å². The van der Waals surface area contributed by atoms with E-state index in [1.54, 1.807) is 13.3 Å². The number of benzene rings is 1. The predicted molar refractivity (Wildman–Crippen MR) is 68.1 cm³/mol. The number of aromatic amines is 1. The molecule has 0 radical (unpaired) electrons. The van der Waals surface area contributed by atoms with Crippen LogP contribution in [0.2, 0.25) is 0 Å². The van der Waals surface area contributed by atoms with Crippen molar-refractivity contribution in [3.63, 3.8) is 0 Å². The Bertz CT molecular complexity index is 464. The van der Waals surface area contributed by atoms with E-state index >= 15 is 0 Å². The fourth-order valence-electron chi connectivity index (χ4n) is 1.60. The number of hydrogen-bond acceptors (Lipinski definition) is 4. The summed E-state index contributed by atoms with van der Waals surface area (Å²) in [6.45, 7) is 1.32. The first kappa shape index (κ1) is 11.5. The van der Waals surface area contributed by atoms with E-state index in [0.717, 1.165) is 29.2 Å². The van der Waals surface area contributed by atoms with Crippen molar-refractivity contribution < 1.29 is 4.74 Å². The molecule has 4 N–H and O–H groups in total. The van der Waals surface area contributed by atoms with Gasteiger partial charge in [-0.05, 0) is 24.3 Å². The first-order chi connectivity index (χ1) is 8.35. The molecule has 0 aliphatic heterocycles. The van der Waals surface area contributed by atoms with Crippen LogP contribution >= 0.6 is 0 Å². The molecule has 0 bridgehead atoms. The molecular formula is C12H16N4O. The van der Waals surface area contributed by atoms with E-state index in [9.17, 15) is 0 Å². The van der Waals surface area contributed by atoms with Gasteiger partial charge in [0.2, 0.25) is 0 Å². The molecule has 0 fully saturated rings. The van der Waals surface area contributed by atoms with Gasteiger partial charge in [0.05, 0.1) is 24.7 Å². The second kappa shape index (κ2) is 5.36. The van der Waals surface area contributed by atoms with Gasteiger partial charge in [-0.3, -0.25) is 5.10 Å². The summed E-state index contributed by atoms with van der Waals surface area (Å²) in [4.78, 5) is 0. The highest BCUT2D eigenvalue weighted by Crippen LogP contribution is 2.26. The summed E-state index contributed by atoms with van der Waals surface area (Å²) in [5, 5.41) is 10.2. The van der Waals surface area contributed by atoms with Gasteiger partial charge >= 0.3 is 0 Å². The molecule has 1 heterocycles. The van der Waals surface area contributed by atoms with Gasteiger partial charge in [-0.2, -0.15) is 5.10 Å². The van der Waals surface area contributed by atoms with E-state index in [1.807, 2.05) is 24.3 Å². The maximum absolute atomic E-state index is 5.46. The second-order valence-electron chi connectivity index (χ2n) is 3.60. The van der Waals surface area contributed by atoms with Gasteiger partial charge in [-0.15, -0.1) is 0 Å². The molecule has 0 unspecified atom stereocenters. The SMILES string of the molecule is COc1ccc(-c2[nH]ncc2NCCN)cc1. The topological polar surface area (TPSA) is 76.0 Å². The van der Waals surface area contributed by atoms with Gasteiger partial charge in [0.25, 0.3) is 0 Å². The lowest BCUT2D eigenvalue weighted by Gasteiger charge is -2.06. The summed E-state index contributed by atoms with van der Waals surface area (Å²) in [6, 6.07) is 7.81. The van der Waals surface area contributed by atoms with E-state index in [0.29, 0.717) is 6.54 Å². The minimum absolute atomic E-state index is 0.591. The number of rotatable bonds is 5. The molecular weight excluding hydrogens is 216 g/mol. The van der Waals surface area contributed by atoms with E-state index in [2.05, 4.69) is 15.5 Å². The Morgan fingerprint density at radius 3 is 2.76 bits per heavy atom. The van der Waals surface area contributed by atoms with Gasteiger partial charge in [0.15, 0.2) is 0 Å². The fraction of sp³-hybridized carbons (Fsp3) is 0.250. The van der Waals surface area contributed by atoms with Gasteiger partial charge in [0, 0.05) is 18.7 Å². The molecule has 0 saturated carbocycles. The number of ether oxygens (including phenoxy) is 1. The minimum atomic E-state index is 0.591. The molecule has 0 atom stereocenters. The minimum Gasteiger partial charge on any atom is -0.497 e. The summed E-state index contributed by atoms with van der Waals surface area (Å²) in [6.07, 6.45) is 1.76. The zero-order valence-electron chi connectivity index (χ0n) is 9.73. The summed E-state index contributed by atoms with van der Waals surface area (Å²) in [5.41, 5.74) is 8.44. The van der Waals surface area contributed by atoms with E-state index in [1.165, 1.54) is 0 Å². The van der Waals surface area contributed by atoms with Gasteiger partial charge < -0.3 is 15.8 Å². The monoisotopic (exact) mass is 232 g/mol. The molecule has 0 saturated heterocycles. The number of nitrogens with zero attached hydrogens (tertiary/aromatic N) is 1. The van der Waals surface area contributed by atoms with Gasteiger partial charge in [-0.1, -0.05) is 0 Å². The first-order valence-corrected chi connectivity index (χ1v) is 5.47. The van der Waals surface area contributed by atoms with Crippen LogP contribution in [0.3, 0.4) is 0 Å². The summed E-state index contributed by atoms with van der Waals surface area (Å²) < 4.78 is 5.12. The average Bonchev–Trinajstić information content (AvgIpc) is 2.84. The smallest absolute Gasteiger partial charge is 0.118 e. The Morgan fingerprint density at radius 1 is 1.35 bits per heavy atom. The van der Waals surface area contributed by atoms with Crippen molar-refractivity contribution in [1.82, 2.24) is 10.2 Å². The molecule has 5 heteroatoms. The van der Waals surface area contributed by atoms with Crippen LogP contribution in [-0.2, 0) is 0 Å². The third kappa shape index (κ3) is 2.57. The Balaban J connectivity index is 2.23. The van der Waals surface area contributed by atoms with Crippen LogP contribution in [0.25, 0.3) is 11.3 Å². The zero-order valence-corrected chi connectivity index (χ0v) is 9.73. The van der Waals surface area contributed by atoms with Crippen LogP contribution < -0.4 is 15.8 Å². The van der Waals surface area contributed by atoms with Crippen LogP contribution in [0.5, 0.6) is 5.75 Å². The molecule has 90 valence electrons. The highest BCUT2D eigenvalue weighted by Gasteiger charge is 2.06. The van der Waals surface area contributed by atoms with Crippen LogP contribution in [0.4, 0.5) is 5.69 Å². The van der Waals surface area contributed by atoms with E-state index in [4.69, 9.17) is 10.5 Å². The van der Waals surface area contributed by atoms with Crippen molar-refractivity contribution in [2.24, 2.45) is 5.73 Å². The highest BCUT2D eigenvalue weighted by atomic mass is 16.5. The molecule has 0 amide bonds. The number of nitrogens with one attached hydrogen (secondary N) is 2. The number of methoxy groups -OCH3 is 1. The number of nitrogens with two attached hydrogens (primary N) is 1. The number of anilines is 1. The standard InChI is InChI=1S/C12H16N4O/c1-17-10-4-2-9(3-5-10)12-11(8-15-16-12)14-7-6-13/h2-5,8,14H,6-7,13H2,1H3,(H,15,16). The van der Waals surface area contributed by atoms with Crippen molar-refractivity contribution in [2.45, 2.75) is 0 Å². The maximum Gasteiger partial charge on any atom is 0.118 e. The summed E-state index contributed by atoms with van der Waals surface area (Å²) >= 11 is 0. The summed E-state index contributed by atoms with van der Waals surface area (Å²) in [7, 11) is 1.65. The van der Waals surface area contributed by atoms with Crippen molar-refractivity contribution in [1.29, 1.82) is 0 Å². The fourth-order valence-corrected chi connectivity index (χ4v) is 1.60. The maximum atomic E-state index is 5.46. The predicted octanol–water partition coefficient (Wildman–Crippen LogP) is 1.46. The lowest BCUT2D eigenvalue weighted by Crippen LogP contribution is -2.13. The normalized spacial score (nSPS) is 10.2. The molecule has 5 nitrogen and oxygen atoms in total. The summed E-state index contributed by atoms with van der Waals surface area (Å²) in [5.74, 6) is 0.838. The third-order valence-electron chi connectivity index (χ3n) is 2.48. The Morgan fingerprint density at radius 2 is 2.12 bits per heavy atom. The lowest BCUT2D eigenvalue weighted by atomic mass is 10.1. The molecule has 1 aromatic heterocycles. The Hall–Kier alpha value is -2.01. The molecule has 0 aliphatic rings. The number of H-pyrrole nitrogens is 1. The highest BCUT2D eigenvalue weighted by molar-refractivity contribution is 5.73. The van der Waals surface area contributed by atoms with Gasteiger partial charge in [0.1, 0.15) is 5.75 Å². The first-order valence-electron chi connectivity index (χ1n) is 5.47. The van der Waals surface area contributed by atoms with Crippen LogP contribution in [0.15, 0.2) is 30.5 Å².